The maximum atomic E-state index is 14.4. The Hall–Kier alpha value is -4.71. The van der Waals surface area contributed by atoms with Crippen LogP contribution in [0.5, 0.6) is 0 Å². The minimum atomic E-state index is -3.91. The van der Waals surface area contributed by atoms with Gasteiger partial charge in [0.1, 0.15) is 29.3 Å². The van der Waals surface area contributed by atoms with Crippen molar-refractivity contribution in [3.63, 3.8) is 0 Å². The number of anilines is 1. The van der Waals surface area contributed by atoms with E-state index in [1.54, 1.807) is 53.2 Å². The van der Waals surface area contributed by atoms with E-state index < -0.39 is 20.5 Å². The second kappa shape index (κ2) is 9.24. The lowest BCUT2D eigenvalue weighted by Crippen LogP contribution is -2.45. The van der Waals surface area contributed by atoms with Crippen molar-refractivity contribution in [2.24, 2.45) is 0 Å². The predicted molar refractivity (Wildman–Crippen MR) is 139 cm³/mol. The van der Waals surface area contributed by atoms with Gasteiger partial charge in [0.2, 0.25) is 5.91 Å². The number of hydrogen-bond donors (Lipinski definition) is 1. The van der Waals surface area contributed by atoms with Crippen LogP contribution in [-0.2, 0) is 27.6 Å². The van der Waals surface area contributed by atoms with E-state index in [2.05, 4.69) is 25.5 Å². The molecule has 0 saturated carbocycles. The van der Waals surface area contributed by atoms with Gasteiger partial charge in [0.05, 0.1) is 17.1 Å². The van der Waals surface area contributed by atoms with Crippen molar-refractivity contribution < 1.29 is 22.1 Å². The summed E-state index contributed by atoms with van der Waals surface area (Å²) < 4.78 is 45.6. The number of fused-ring (bicyclic) bond motifs is 1. The highest BCUT2D eigenvalue weighted by Gasteiger charge is 2.53. The van der Waals surface area contributed by atoms with E-state index in [-0.39, 0.29) is 35.3 Å². The van der Waals surface area contributed by atoms with Crippen LogP contribution in [0.2, 0.25) is 0 Å². The SMILES string of the molecule is CC1(C(=O)Nc2ccnc(-c3cc(-c4ccon4)n(Cc4ccccc4F)n3)n2)Cc2ccccc2S1(=O)=O. The first kappa shape index (κ1) is 24.6. The molecular formula is C27H21FN6O4S. The van der Waals surface area contributed by atoms with E-state index in [4.69, 9.17) is 4.52 Å². The van der Waals surface area contributed by atoms with Crippen LogP contribution in [0.3, 0.4) is 0 Å². The molecule has 196 valence electrons. The summed E-state index contributed by atoms with van der Waals surface area (Å²) in [4.78, 5) is 22.1. The van der Waals surface area contributed by atoms with Gasteiger partial charge in [0.25, 0.3) is 0 Å². The average molecular weight is 545 g/mol. The molecule has 2 aromatic carbocycles. The number of hydrogen-bond acceptors (Lipinski definition) is 8. The monoisotopic (exact) mass is 544 g/mol. The summed E-state index contributed by atoms with van der Waals surface area (Å²) in [6.45, 7) is 1.52. The fourth-order valence-corrected chi connectivity index (χ4v) is 6.47. The third-order valence-electron chi connectivity index (χ3n) is 6.75. The number of aromatic nitrogens is 5. The fraction of sp³-hybridized carbons (Fsp3) is 0.148. The van der Waals surface area contributed by atoms with Crippen LogP contribution in [0.25, 0.3) is 22.9 Å². The second-order valence-electron chi connectivity index (χ2n) is 9.29. The first-order valence-electron chi connectivity index (χ1n) is 12.0. The van der Waals surface area contributed by atoms with Crippen molar-refractivity contribution in [3.8, 4) is 22.9 Å². The number of carbonyl (C=O) groups is 1. The summed E-state index contributed by atoms with van der Waals surface area (Å²) in [6, 6.07) is 17.8. The normalized spacial score (nSPS) is 17.6. The minimum absolute atomic E-state index is 0.0524. The van der Waals surface area contributed by atoms with Gasteiger partial charge in [-0.2, -0.15) is 5.10 Å². The third kappa shape index (κ3) is 4.18. The molecule has 1 N–H and O–H groups in total. The van der Waals surface area contributed by atoms with Gasteiger partial charge < -0.3 is 9.84 Å². The smallest absolute Gasteiger partial charge is 0.247 e. The fourth-order valence-electron chi connectivity index (χ4n) is 4.60. The van der Waals surface area contributed by atoms with Gasteiger partial charge in [0.15, 0.2) is 20.4 Å². The molecule has 0 aliphatic carbocycles. The highest BCUT2D eigenvalue weighted by Crippen LogP contribution is 2.39. The van der Waals surface area contributed by atoms with Crippen LogP contribution < -0.4 is 5.32 Å². The predicted octanol–water partition coefficient (Wildman–Crippen LogP) is 3.91. The number of amides is 1. The van der Waals surface area contributed by atoms with Crippen LogP contribution >= 0.6 is 0 Å². The quantitative estimate of drug-likeness (QED) is 0.340. The second-order valence-corrected chi connectivity index (χ2v) is 11.6. The highest BCUT2D eigenvalue weighted by molar-refractivity contribution is 7.94. The number of rotatable bonds is 6. The zero-order chi connectivity index (χ0) is 27.2. The molecule has 1 aliphatic rings. The molecule has 6 rings (SSSR count). The van der Waals surface area contributed by atoms with E-state index in [0.717, 1.165) is 0 Å². The van der Waals surface area contributed by atoms with Crippen molar-refractivity contribution in [1.29, 1.82) is 0 Å². The largest absolute Gasteiger partial charge is 0.364 e. The van der Waals surface area contributed by atoms with Crippen molar-refractivity contribution in [1.82, 2.24) is 24.9 Å². The van der Waals surface area contributed by atoms with E-state index >= 15 is 0 Å². The number of nitrogens with zero attached hydrogens (tertiary/aromatic N) is 5. The molecule has 10 nitrogen and oxygen atoms in total. The van der Waals surface area contributed by atoms with Gasteiger partial charge in [0, 0.05) is 24.2 Å². The summed E-state index contributed by atoms with van der Waals surface area (Å²) in [5, 5.41) is 11.2. The van der Waals surface area contributed by atoms with Crippen LogP contribution in [-0.4, -0.2) is 44.0 Å². The number of sulfone groups is 1. The average Bonchev–Trinajstić information content (AvgIpc) is 3.64. The molecule has 0 saturated heterocycles. The number of benzene rings is 2. The van der Waals surface area contributed by atoms with Crippen LogP contribution in [0, 0.1) is 5.82 Å². The molecule has 1 atom stereocenters. The molecular weight excluding hydrogens is 523 g/mol. The van der Waals surface area contributed by atoms with E-state index in [9.17, 15) is 17.6 Å². The molecule has 39 heavy (non-hydrogen) atoms. The van der Waals surface area contributed by atoms with E-state index in [1.165, 1.54) is 37.6 Å². The van der Waals surface area contributed by atoms with Crippen molar-refractivity contribution in [2.75, 3.05) is 5.32 Å². The van der Waals surface area contributed by atoms with Crippen molar-refractivity contribution in [3.05, 3.63) is 96.1 Å². The van der Waals surface area contributed by atoms with Crippen LogP contribution in [0.1, 0.15) is 18.1 Å². The van der Waals surface area contributed by atoms with Gasteiger partial charge in [-0.3, -0.25) is 9.48 Å². The molecule has 3 aromatic heterocycles. The summed E-state index contributed by atoms with van der Waals surface area (Å²) in [5.41, 5.74) is 2.38. The van der Waals surface area contributed by atoms with E-state index in [1.807, 2.05) is 0 Å². The van der Waals surface area contributed by atoms with Gasteiger partial charge in [-0.05, 0) is 36.8 Å². The van der Waals surface area contributed by atoms with Gasteiger partial charge >= 0.3 is 0 Å². The lowest BCUT2D eigenvalue weighted by atomic mass is 10.00. The summed E-state index contributed by atoms with van der Waals surface area (Å²) >= 11 is 0. The number of carbonyl (C=O) groups excluding carboxylic acids is 1. The minimum Gasteiger partial charge on any atom is -0.364 e. The first-order chi connectivity index (χ1) is 18.8. The Morgan fingerprint density at radius 1 is 1.10 bits per heavy atom. The maximum absolute atomic E-state index is 14.4. The Kier molecular flexibility index (Phi) is 5.83. The summed E-state index contributed by atoms with van der Waals surface area (Å²) in [5.74, 6) is -0.785. The Balaban J connectivity index is 1.31. The summed E-state index contributed by atoms with van der Waals surface area (Å²) in [7, 11) is -3.91. The lowest BCUT2D eigenvalue weighted by molar-refractivity contribution is -0.118. The molecule has 0 radical (unpaired) electrons. The molecule has 1 unspecified atom stereocenters. The summed E-state index contributed by atoms with van der Waals surface area (Å²) in [6.07, 6.45) is 2.90. The highest BCUT2D eigenvalue weighted by atomic mass is 32.2. The Labute approximate surface area is 222 Å². The third-order valence-corrected chi connectivity index (χ3v) is 9.24. The lowest BCUT2D eigenvalue weighted by Gasteiger charge is -2.21. The maximum Gasteiger partial charge on any atom is 0.247 e. The molecule has 1 amide bonds. The number of halogens is 1. The van der Waals surface area contributed by atoms with Crippen molar-refractivity contribution >= 4 is 21.6 Å². The zero-order valence-corrected chi connectivity index (χ0v) is 21.4. The van der Waals surface area contributed by atoms with Gasteiger partial charge in [-0.15, -0.1) is 0 Å². The molecule has 5 aromatic rings. The molecule has 0 spiro atoms. The molecule has 0 bridgehead atoms. The standard InChI is InChI=1S/C27H21FN6O4S/c1-27(15-17-6-3-5-9-23(17)39(27,36)37)26(35)31-24-10-12-29-25(30-24)21-14-22(20-11-13-38-33-20)34(32-21)16-18-7-2-4-8-19(18)28/h2-14H,15-16H2,1H3,(H,29,30,31,35). The van der Waals surface area contributed by atoms with Crippen LogP contribution in [0.15, 0.2) is 88.6 Å². The first-order valence-corrected chi connectivity index (χ1v) is 13.4. The Morgan fingerprint density at radius 2 is 1.90 bits per heavy atom. The molecule has 0 fully saturated rings. The zero-order valence-electron chi connectivity index (χ0n) is 20.6. The van der Waals surface area contributed by atoms with Crippen LogP contribution in [0.4, 0.5) is 10.2 Å². The molecule has 1 aliphatic heterocycles. The van der Waals surface area contributed by atoms with Crippen molar-refractivity contribution in [2.45, 2.75) is 29.5 Å². The topological polar surface area (TPSA) is 133 Å². The van der Waals surface area contributed by atoms with E-state index in [0.29, 0.717) is 28.2 Å². The molecule has 12 heteroatoms. The van der Waals surface area contributed by atoms with Gasteiger partial charge in [-0.25, -0.2) is 22.8 Å². The number of nitrogens with one attached hydrogen (secondary N) is 1. The van der Waals surface area contributed by atoms with Gasteiger partial charge in [-0.1, -0.05) is 41.6 Å². The molecule has 4 heterocycles. The Bertz CT molecular complexity index is 1820. The Morgan fingerprint density at radius 3 is 2.67 bits per heavy atom.